The van der Waals surface area contributed by atoms with Gasteiger partial charge in [0, 0.05) is 12.5 Å². The van der Waals surface area contributed by atoms with Gasteiger partial charge in [-0.3, -0.25) is 4.79 Å². The summed E-state index contributed by atoms with van der Waals surface area (Å²) in [6.45, 7) is 0. The lowest BCUT2D eigenvalue weighted by Crippen LogP contribution is -2.43. The van der Waals surface area contributed by atoms with E-state index in [4.69, 9.17) is 4.74 Å². The highest BCUT2D eigenvalue weighted by molar-refractivity contribution is 5.97. The number of carbonyl (C=O) groups excluding carboxylic acids is 2. The maximum atomic E-state index is 13.8. The van der Waals surface area contributed by atoms with Crippen LogP contribution < -0.4 is 5.32 Å². The largest absolute Gasteiger partial charge is 0.467 e. The number of halogens is 2. The molecular formula is C23H19F2NO3. The van der Waals surface area contributed by atoms with Gasteiger partial charge in [0.2, 0.25) is 0 Å². The van der Waals surface area contributed by atoms with E-state index in [9.17, 15) is 18.4 Å². The molecule has 0 saturated heterocycles. The molecule has 3 aromatic carbocycles. The van der Waals surface area contributed by atoms with Crippen LogP contribution in [0.2, 0.25) is 0 Å². The third-order valence-electron chi connectivity index (χ3n) is 4.47. The third kappa shape index (κ3) is 5.04. The molecule has 29 heavy (non-hydrogen) atoms. The summed E-state index contributed by atoms with van der Waals surface area (Å²) in [6, 6.07) is 19.0. The minimum absolute atomic E-state index is 0.163. The molecule has 0 aliphatic heterocycles. The van der Waals surface area contributed by atoms with E-state index in [0.717, 1.165) is 28.8 Å². The summed E-state index contributed by atoms with van der Waals surface area (Å²) >= 11 is 0. The fourth-order valence-electron chi connectivity index (χ4n) is 2.94. The minimum atomic E-state index is -1.01. The molecule has 3 rings (SSSR count). The van der Waals surface area contributed by atoms with Gasteiger partial charge in [-0.15, -0.1) is 0 Å². The number of hydrogen-bond donors (Lipinski definition) is 1. The van der Waals surface area contributed by atoms with Crippen LogP contribution in [0.3, 0.4) is 0 Å². The van der Waals surface area contributed by atoms with E-state index in [0.29, 0.717) is 6.07 Å². The quantitative estimate of drug-likeness (QED) is 0.638. The number of rotatable bonds is 6. The Labute approximate surface area is 167 Å². The second-order valence-electron chi connectivity index (χ2n) is 6.44. The number of benzene rings is 3. The zero-order valence-electron chi connectivity index (χ0n) is 15.7. The van der Waals surface area contributed by atoms with E-state index < -0.39 is 29.6 Å². The topological polar surface area (TPSA) is 55.4 Å². The molecular weight excluding hydrogens is 376 g/mol. The van der Waals surface area contributed by atoms with Crippen LogP contribution in [0.5, 0.6) is 0 Å². The summed E-state index contributed by atoms with van der Waals surface area (Å²) < 4.78 is 31.7. The number of nitrogens with one attached hydrogen (secondary N) is 1. The van der Waals surface area contributed by atoms with Gasteiger partial charge in [-0.05, 0) is 28.8 Å². The van der Waals surface area contributed by atoms with E-state index in [1.54, 1.807) is 0 Å². The zero-order valence-corrected chi connectivity index (χ0v) is 15.7. The van der Waals surface area contributed by atoms with E-state index in [-0.39, 0.29) is 12.0 Å². The van der Waals surface area contributed by atoms with Crippen LogP contribution in [-0.4, -0.2) is 25.0 Å². The molecule has 1 amide bonds. The average molecular weight is 395 g/mol. The summed E-state index contributed by atoms with van der Waals surface area (Å²) in [5.74, 6) is -3.27. The van der Waals surface area contributed by atoms with Gasteiger partial charge in [0.1, 0.15) is 17.7 Å². The van der Waals surface area contributed by atoms with Gasteiger partial charge in [0.15, 0.2) is 0 Å². The van der Waals surface area contributed by atoms with Crippen LogP contribution in [0.4, 0.5) is 8.78 Å². The first-order valence-corrected chi connectivity index (χ1v) is 8.96. The van der Waals surface area contributed by atoms with Gasteiger partial charge in [-0.2, -0.15) is 0 Å². The van der Waals surface area contributed by atoms with Crippen molar-refractivity contribution in [3.8, 4) is 11.1 Å². The normalized spacial score (nSPS) is 11.6. The number of esters is 1. The number of carbonyl (C=O) groups is 2. The van der Waals surface area contributed by atoms with Crippen LogP contribution in [-0.2, 0) is 16.0 Å². The Hall–Kier alpha value is -3.54. The summed E-state index contributed by atoms with van der Waals surface area (Å²) in [4.78, 5) is 24.5. The van der Waals surface area contributed by atoms with Gasteiger partial charge >= 0.3 is 5.97 Å². The number of methoxy groups -OCH3 is 1. The zero-order chi connectivity index (χ0) is 20.8. The molecule has 0 radical (unpaired) electrons. The van der Waals surface area contributed by atoms with E-state index in [1.807, 2.05) is 54.6 Å². The molecule has 0 spiro atoms. The first-order chi connectivity index (χ1) is 14.0. The highest BCUT2D eigenvalue weighted by atomic mass is 19.1. The molecule has 0 aliphatic rings. The highest BCUT2D eigenvalue weighted by Crippen LogP contribution is 2.20. The fourth-order valence-corrected chi connectivity index (χ4v) is 2.94. The summed E-state index contributed by atoms with van der Waals surface area (Å²) in [5, 5.41) is 2.46. The molecule has 1 atom stereocenters. The fraction of sp³-hybridized carbons (Fsp3) is 0.130. The van der Waals surface area contributed by atoms with E-state index in [2.05, 4.69) is 5.32 Å². The lowest BCUT2D eigenvalue weighted by Gasteiger charge is -2.17. The molecule has 0 heterocycles. The monoisotopic (exact) mass is 395 g/mol. The van der Waals surface area contributed by atoms with Crippen molar-refractivity contribution in [3.05, 3.63) is 95.6 Å². The van der Waals surface area contributed by atoms with Crippen LogP contribution in [0, 0.1) is 11.6 Å². The van der Waals surface area contributed by atoms with Gasteiger partial charge in [-0.1, -0.05) is 54.6 Å². The first kappa shape index (κ1) is 20.2. The predicted molar refractivity (Wildman–Crippen MR) is 105 cm³/mol. The van der Waals surface area contributed by atoms with E-state index >= 15 is 0 Å². The molecule has 0 unspecified atom stereocenters. The van der Waals surface area contributed by atoms with Crippen molar-refractivity contribution in [2.45, 2.75) is 12.5 Å². The maximum absolute atomic E-state index is 13.8. The lowest BCUT2D eigenvalue weighted by atomic mass is 10.0. The molecule has 3 aromatic rings. The van der Waals surface area contributed by atoms with Crippen molar-refractivity contribution in [2.24, 2.45) is 0 Å². The number of ether oxygens (including phenoxy) is 1. The summed E-state index contributed by atoms with van der Waals surface area (Å²) in [6.07, 6.45) is 0.163. The second kappa shape index (κ2) is 9.10. The lowest BCUT2D eigenvalue weighted by molar-refractivity contribution is -0.142. The molecule has 6 heteroatoms. The Morgan fingerprint density at radius 2 is 1.59 bits per heavy atom. The Kier molecular flexibility index (Phi) is 6.34. The van der Waals surface area contributed by atoms with Gasteiger partial charge in [0.05, 0.1) is 12.7 Å². The summed E-state index contributed by atoms with van der Waals surface area (Å²) in [7, 11) is 1.21. The molecule has 0 saturated carbocycles. The SMILES string of the molecule is COC(=O)[C@H](Cc1ccc(-c2ccccc2)cc1)NC(=O)c1ccc(F)cc1F. The Bertz CT molecular complexity index is 1000. The first-order valence-electron chi connectivity index (χ1n) is 8.96. The van der Waals surface area contributed by atoms with Crippen LogP contribution in [0.15, 0.2) is 72.8 Å². The number of hydrogen-bond acceptors (Lipinski definition) is 3. The molecule has 0 fully saturated rings. The van der Waals surface area contributed by atoms with Gasteiger partial charge < -0.3 is 10.1 Å². The van der Waals surface area contributed by atoms with Crippen molar-refractivity contribution in [2.75, 3.05) is 7.11 Å². The smallest absolute Gasteiger partial charge is 0.328 e. The van der Waals surface area contributed by atoms with Crippen molar-refractivity contribution in [3.63, 3.8) is 0 Å². The van der Waals surface area contributed by atoms with E-state index in [1.165, 1.54) is 7.11 Å². The van der Waals surface area contributed by atoms with Crippen LogP contribution >= 0.6 is 0 Å². The predicted octanol–water partition coefficient (Wildman–Crippen LogP) is 4.15. The molecule has 0 aromatic heterocycles. The molecule has 148 valence electrons. The molecule has 0 aliphatic carbocycles. The Morgan fingerprint density at radius 1 is 0.931 bits per heavy atom. The van der Waals surface area contributed by atoms with Crippen molar-refractivity contribution >= 4 is 11.9 Å². The van der Waals surface area contributed by atoms with Gasteiger partial charge in [0.25, 0.3) is 5.91 Å². The van der Waals surface area contributed by atoms with Crippen molar-refractivity contribution in [1.29, 1.82) is 0 Å². The van der Waals surface area contributed by atoms with Crippen LogP contribution in [0.1, 0.15) is 15.9 Å². The van der Waals surface area contributed by atoms with Crippen molar-refractivity contribution < 1.29 is 23.1 Å². The molecule has 1 N–H and O–H groups in total. The van der Waals surface area contributed by atoms with Gasteiger partial charge in [-0.25, -0.2) is 13.6 Å². The standard InChI is InChI=1S/C23H19F2NO3/c1-29-23(28)21(26-22(27)19-12-11-18(24)14-20(19)25)13-15-7-9-17(10-8-15)16-5-3-2-4-6-16/h2-12,14,21H,13H2,1H3,(H,26,27)/t21-/m0/s1. The highest BCUT2D eigenvalue weighted by Gasteiger charge is 2.24. The van der Waals surface area contributed by atoms with Crippen molar-refractivity contribution in [1.82, 2.24) is 5.32 Å². The Balaban J connectivity index is 1.75. The molecule has 0 bridgehead atoms. The molecule has 4 nitrogen and oxygen atoms in total. The second-order valence-corrected chi connectivity index (χ2v) is 6.44. The minimum Gasteiger partial charge on any atom is -0.467 e. The maximum Gasteiger partial charge on any atom is 0.328 e. The average Bonchev–Trinajstić information content (AvgIpc) is 2.73. The Morgan fingerprint density at radius 3 is 2.21 bits per heavy atom. The third-order valence-corrected chi connectivity index (χ3v) is 4.47. The summed E-state index contributed by atoms with van der Waals surface area (Å²) in [5.41, 5.74) is 2.52. The van der Waals surface area contributed by atoms with Crippen LogP contribution in [0.25, 0.3) is 11.1 Å². The number of amides is 1.